The van der Waals surface area contributed by atoms with Gasteiger partial charge in [-0.2, -0.15) is 0 Å². The molecule has 0 spiro atoms. The zero-order chi connectivity index (χ0) is 20.5. The molecule has 0 fully saturated rings. The van der Waals surface area contributed by atoms with E-state index >= 15 is 0 Å². The van der Waals surface area contributed by atoms with Crippen molar-refractivity contribution in [2.45, 2.75) is 17.4 Å². The summed E-state index contributed by atoms with van der Waals surface area (Å²) in [4.78, 5) is 24.5. The van der Waals surface area contributed by atoms with Gasteiger partial charge in [0.25, 0.3) is 0 Å². The molecule has 1 heterocycles. The Balaban J connectivity index is 1.80. The van der Waals surface area contributed by atoms with Crippen LogP contribution >= 0.6 is 0 Å². The Labute approximate surface area is 161 Å². The maximum Gasteiger partial charge on any atom is 0.343 e. The third kappa shape index (κ3) is 3.78. The van der Waals surface area contributed by atoms with Crippen LogP contribution in [0.15, 0.2) is 41.3 Å². The van der Waals surface area contributed by atoms with Crippen molar-refractivity contribution in [3.63, 3.8) is 0 Å². The van der Waals surface area contributed by atoms with Crippen LogP contribution in [0, 0.1) is 0 Å². The van der Waals surface area contributed by atoms with Gasteiger partial charge in [-0.05, 0) is 24.3 Å². The van der Waals surface area contributed by atoms with Gasteiger partial charge in [-0.1, -0.05) is 12.1 Å². The molecule has 2 aromatic carbocycles. The molecule has 0 aromatic heterocycles. The highest BCUT2D eigenvalue weighted by atomic mass is 32.2. The number of hydrogen-bond acceptors (Lipinski definition) is 7. The zero-order valence-corrected chi connectivity index (χ0v) is 15.9. The SMILES string of the molecule is COc1ccc2c(c1OC)C(=O)O[C@H]2CC(=O)Nc1cccc(S(N)(=O)=O)c1. The monoisotopic (exact) mass is 406 g/mol. The summed E-state index contributed by atoms with van der Waals surface area (Å²) in [7, 11) is -1.04. The molecule has 2 aromatic rings. The Bertz CT molecular complexity index is 1050. The van der Waals surface area contributed by atoms with Crippen LogP contribution in [-0.2, 0) is 19.6 Å². The number of benzene rings is 2. The van der Waals surface area contributed by atoms with Crippen LogP contribution in [0.5, 0.6) is 11.5 Å². The van der Waals surface area contributed by atoms with Gasteiger partial charge in [0.2, 0.25) is 15.9 Å². The van der Waals surface area contributed by atoms with Gasteiger partial charge >= 0.3 is 5.97 Å². The summed E-state index contributed by atoms with van der Waals surface area (Å²) in [5.41, 5.74) is 0.986. The number of rotatable bonds is 6. The molecule has 28 heavy (non-hydrogen) atoms. The van der Waals surface area contributed by atoms with Crippen molar-refractivity contribution < 1.29 is 32.2 Å². The lowest BCUT2D eigenvalue weighted by Crippen LogP contribution is -2.17. The molecule has 3 N–H and O–H groups in total. The second-order valence-electron chi connectivity index (χ2n) is 5.98. The lowest BCUT2D eigenvalue weighted by atomic mass is 10.0. The number of sulfonamides is 1. The molecule has 0 saturated carbocycles. The van der Waals surface area contributed by atoms with Crippen molar-refractivity contribution >= 4 is 27.6 Å². The first kappa shape index (κ1) is 19.6. The van der Waals surface area contributed by atoms with E-state index < -0.39 is 28.0 Å². The van der Waals surface area contributed by atoms with Crippen molar-refractivity contribution in [1.29, 1.82) is 0 Å². The molecule has 1 aliphatic rings. The van der Waals surface area contributed by atoms with E-state index in [1.165, 1.54) is 38.5 Å². The molecule has 0 saturated heterocycles. The van der Waals surface area contributed by atoms with Crippen LogP contribution < -0.4 is 19.9 Å². The summed E-state index contributed by atoms with van der Waals surface area (Å²) in [6.45, 7) is 0. The van der Waals surface area contributed by atoms with Gasteiger partial charge < -0.3 is 19.5 Å². The molecule has 148 valence electrons. The highest BCUT2D eigenvalue weighted by molar-refractivity contribution is 7.89. The molecule has 0 aliphatic carbocycles. The van der Waals surface area contributed by atoms with Crippen molar-refractivity contribution in [3.8, 4) is 11.5 Å². The number of primary sulfonamides is 1. The molecule has 3 rings (SSSR count). The molecular formula is C18H18N2O7S. The number of anilines is 1. The van der Waals surface area contributed by atoms with Gasteiger partial charge in [0.15, 0.2) is 11.5 Å². The number of nitrogens with two attached hydrogens (primary N) is 1. The van der Waals surface area contributed by atoms with Crippen LogP contribution in [0.25, 0.3) is 0 Å². The molecule has 10 heteroatoms. The first-order chi connectivity index (χ1) is 13.2. The number of ether oxygens (including phenoxy) is 3. The van der Waals surface area contributed by atoms with Crippen molar-refractivity contribution in [1.82, 2.24) is 0 Å². The van der Waals surface area contributed by atoms with Crippen LogP contribution in [-0.4, -0.2) is 34.5 Å². The van der Waals surface area contributed by atoms with Gasteiger partial charge in [-0.25, -0.2) is 18.4 Å². The number of methoxy groups -OCH3 is 2. The number of carbonyl (C=O) groups excluding carboxylic acids is 2. The number of carbonyl (C=O) groups is 2. The Morgan fingerprint density at radius 3 is 2.61 bits per heavy atom. The van der Waals surface area contributed by atoms with E-state index in [-0.39, 0.29) is 28.3 Å². The number of hydrogen-bond donors (Lipinski definition) is 2. The number of fused-ring (bicyclic) bond motifs is 1. The summed E-state index contributed by atoms with van der Waals surface area (Å²) in [6, 6.07) is 8.81. The first-order valence-electron chi connectivity index (χ1n) is 8.13. The average molecular weight is 406 g/mol. The Kier molecular flexibility index (Phi) is 5.25. The fourth-order valence-corrected chi connectivity index (χ4v) is 3.51. The predicted molar refractivity (Wildman–Crippen MR) is 98.8 cm³/mol. The van der Waals surface area contributed by atoms with E-state index in [2.05, 4.69) is 5.32 Å². The predicted octanol–water partition coefficient (Wildman–Crippen LogP) is 1.59. The zero-order valence-electron chi connectivity index (χ0n) is 15.1. The van der Waals surface area contributed by atoms with Crippen LogP contribution in [0.3, 0.4) is 0 Å². The van der Waals surface area contributed by atoms with Gasteiger partial charge in [-0.15, -0.1) is 0 Å². The fraction of sp³-hybridized carbons (Fsp3) is 0.222. The lowest BCUT2D eigenvalue weighted by Gasteiger charge is -2.13. The molecule has 0 unspecified atom stereocenters. The summed E-state index contributed by atoms with van der Waals surface area (Å²) >= 11 is 0. The van der Waals surface area contributed by atoms with Gasteiger partial charge in [0, 0.05) is 11.3 Å². The summed E-state index contributed by atoms with van der Waals surface area (Å²) in [5, 5.41) is 7.66. The Hall–Kier alpha value is -3.11. The highest BCUT2D eigenvalue weighted by Gasteiger charge is 2.36. The number of esters is 1. The lowest BCUT2D eigenvalue weighted by molar-refractivity contribution is -0.118. The summed E-state index contributed by atoms with van der Waals surface area (Å²) < 4.78 is 38.6. The van der Waals surface area contributed by atoms with E-state index in [0.29, 0.717) is 11.3 Å². The molecule has 0 radical (unpaired) electrons. The van der Waals surface area contributed by atoms with Gasteiger partial charge in [0.1, 0.15) is 11.7 Å². The molecular weight excluding hydrogens is 388 g/mol. The van der Waals surface area contributed by atoms with Crippen molar-refractivity contribution in [3.05, 3.63) is 47.5 Å². The van der Waals surface area contributed by atoms with Crippen LogP contribution in [0.4, 0.5) is 5.69 Å². The van der Waals surface area contributed by atoms with Gasteiger partial charge in [0.05, 0.1) is 25.5 Å². The van der Waals surface area contributed by atoms with Crippen molar-refractivity contribution in [2.24, 2.45) is 5.14 Å². The first-order valence-corrected chi connectivity index (χ1v) is 9.67. The molecule has 1 aliphatic heterocycles. The van der Waals surface area contributed by atoms with E-state index in [1.807, 2.05) is 0 Å². The third-order valence-corrected chi connectivity index (χ3v) is 5.11. The summed E-state index contributed by atoms with van der Waals surface area (Å²) in [5.74, 6) is -0.455. The smallest absolute Gasteiger partial charge is 0.343 e. The largest absolute Gasteiger partial charge is 0.493 e. The topological polar surface area (TPSA) is 134 Å². The van der Waals surface area contributed by atoms with E-state index in [4.69, 9.17) is 19.3 Å². The van der Waals surface area contributed by atoms with Crippen LogP contribution in [0.2, 0.25) is 0 Å². The Morgan fingerprint density at radius 1 is 1.21 bits per heavy atom. The molecule has 1 atom stereocenters. The van der Waals surface area contributed by atoms with Crippen molar-refractivity contribution in [2.75, 3.05) is 19.5 Å². The Morgan fingerprint density at radius 2 is 1.96 bits per heavy atom. The minimum absolute atomic E-state index is 0.125. The third-order valence-electron chi connectivity index (χ3n) is 4.20. The van der Waals surface area contributed by atoms with E-state index in [0.717, 1.165) is 0 Å². The molecule has 9 nitrogen and oxygen atoms in total. The maximum absolute atomic E-state index is 12.4. The number of cyclic esters (lactones) is 1. The molecule has 1 amide bonds. The number of amides is 1. The highest BCUT2D eigenvalue weighted by Crippen LogP contribution is 2.43. The fourth-order valence-electron chi connectivity index (χ4n) is 2.96. The quantitative estimate of drug-likeness (QED) is 0.696. The van der Waals surface area contributed by atoms with E-state index in [9.17, 15) is 18.0 Å². The van der Waals surface area contributed by atoms with Crippen LogP contribution in [0.1, 0.15) is 28.4 Å². The minimum atomic E-state index is -3.89. The number of nitrogens with one attached hydrogen (secondary N) is 1. The minimum Gasteiger partial charge on any atom is -0.493 e. The second-order valence-corrected chi connectivity index (χ2v) is 7.55. The van der Waals surface area contributed by atoms with Gasteiger partial charge in [-0.3, -0.25) is 4.79 Å². The maximum atomic E-state index is 12.4. The average Bonchev–Trinajstić information content (AvgIpc) is 2.96. The normalized spacial score (nSPS) is 15.5. The van der Waals surface area contributed by atoms with E-state index in [1.54, 1.807) is 12.1 Å². The molecule has 0 bridgehead atoms. The summed E-state index contributed by atoms with van der Waals surface area (Å²) in [6.07, 6.45) is -0.961. The standard InChI is InChI=1S/C18H18N2O7S/c1-25-13-7-6-12-14(27-18(22)16(12)17(13)26-2)9-15(21)20-10-4-3-5-11(8-10)28(19,23)24/h3-8,14H,9H2,1-2H3,(H,20,21)(H2,19,23,24)/t14-/m0/s1. The second kappa shape index (κ2) is 7.49.